The molecule has 18 heavy (non-hydrogen) atoms. The molecule has 1 aliphatic carbocycles. The molecule has 0 radical (unpaired) electrons. The highest BCUT2D eigenvalue weighted by Crippen LogP contribution is 2.21. The van der Waals surface area contributed by atoms with E-state index in [9.17, 15) is 10.1 Å². The van der Waals surface area contributed by atoms with Gasteiger partial charge in [0.05, 0.1) is 6.42 Å². The van der Waals surface area contributed by atoms with Crippen LogP contribution in [0.15, 0.2) is 48.2 Å². The third kappa shape index (κ3) is 2.49. The van der Waals surface area contributed by atoms with Crippen molar-refractivity contribution in [1.29, 1.82) is 0 Å². The van der Waals surface area contributed by atoms with Crippen molar-refractivity contribution in [3.8, 4) is 0 Å². The number of nitro groups is 1. The average molecular weight is 246 g/mol. The standard InChI is InChI=1S/C12H14N4O2/c13-9-2-1-3-11(8-9)15-10-4-6-12(14,7-5-10)16(17)18/h1-6,8,15H,7,13-14H2. The van der Waals surface area contributed by atoms with Crippen LogP contribution in [0.1, 0.15) is 6.42 Å². The van der Waals surface area contributed by atoms with Crippen molar-refractivity contribution in [3.63, 3.8) is 0 Å². The van der Waals surface area contributed by atoms with E-state index in [4.69, 9.17) is 11.5 Å². The predicted molar refractivity (Wildman–Crippen MR) is 70.2 cm³/mol. The van der Waals surface area contributed by atoms with Crippen molar-refractivity contribution in [3.05, 3.63) is 58.3 Å². The molecular formula is C12H14N4O2. The molecular weight excluding hydrogens is 232 g/mol. The Kier molecular flexibility index (Phi) is 3.03. The molecule has 0 fully saturated rings. The first kappa shape index (κ1) is 12.1. The van der Waals surface area contributed by atoms with E-state index in [0.717, 1.165) is 11.4 Å². The van der Waals surface area contributed by atoms with E-state index in [1.165, 1.54) is 6.08 Å². The zero-order valence-electron chi connectivity index (χ0n) is 9.67. The first-order valence-corrected chi connectivity index (χ1v) is 5.45. The number of hydrogen-bond donors (Lipinski definition) is 3. The summed E-state index contributed by atoms with van der Waals surface area (Å²) in [5.74, 6) is 0. The molecule has 0 aliphatic heterocycles. The van der Waals surface area contributed by atoms with Crippen LogP contribution >= 0.6 is 0 Å². The van der Waals surface area contributed by atoms with Crippen LogP contribution in [0.25, 0.3) is 0 Å². The molecule has 0 saturated carbocycles. The minimum Gasteiger partial charge on any atom is -0.399 e. The van der Waals surface area contributed by atoms with Crippen LogP contribution in [0.4, 0.5) is 11.4 Å². The summed E-state index contributed by atoms with van der Waals surface area (Å²) in [6.45, 7) is 0. The van der Waals surface area contributed by atoms with Crippen molar-refractivity contribution in [2.45, 2.75) is 12.1 Å². The first-order chi connectivity index (χ1) is 8.49. The van der Waals surface area contributed by atoms with Gasteiger partial charge in [-0.15, -0.1) is 0 Å². The maximum Gasteiger partial charge on any atom is 0.295 e. The molecule has 94 valence electrons. The minimum absolute atomic E-state index is 0.154. The van der Waals surface area contributed by atoms with Gasteiger partial charge in [-0.25, -0.2) is 0 Å². The summed E-state index contributed by atoms with van der Waals surface area (Å²) < 4.78 is 0. The molecule has 0 saturated heterocycles. The Morgan fingerprint density at radius 3 is 2.78 bits per heavy atom. The molecule has 2 rings (SSSR count). The van der Waals surface area contributed by atoms with E-state index in [1.54, 1.807) is 24.3 Å². The Labute approximate surface area is 104 Å². The largest absolute Gasteiger partial charge is 0.399 e. The van der Waals surface area contributed by atoms with E-state index in [-0.39, 0.29) is 6.42 Å². The Balaban J connectivity index is 2.08. The number of nitrogens with two attached hydrogens (primary N) is 2. The second kappa shape index (κ2) is 4.50. The minimum atomic E-state index is -1.50. The van der Waals surface area contributed by atoms with Crippen LogP contribution in [-0.2, 0) is 0 Å². The van der Waals surface area contributed by atoms with Crippen LogP contribution < -0.4 is 16.8 Å². The normalized spacial score (nSPS) is 22.4. The summed E-state index contributed by atoms with van der Waals surface area (Å²) >= 11 is 0. The van der Waals surface area contributed by atoms with Gasteiger partial charge in [-0.2, -0.15) is 0 Å². The Morgan fingerprint density at radius 1 is 1.44 bits per heavy atom. The van der Waals surface area contributed by atoms with Gasteiger partial charge >= 0.3 is 0 Å². The van der Waals surface area contributed by atoms with Crippen molar-refractivity contribution < 1.29 is 4.92 Å². The predicted octanol–water partition coefficient (Wildman–Crippen LogP) is 1.46. The third-order valence-corrected chi connectivity index (χ3v) is 2.72. The van der Waals surface area contributed by atoms with Gasteiger partial charge in [-0.3, -0.25) is 15.8 Å². The summed E-state index contributed by atoms with van der Waals surface area (Å²) in [7, 11) is 0. The van der Waals surface area contributed by atoms with Crippen molar-refractivity contribution >= 4 is 11.4 Å². The van der Waals surface area contributed by atoms with Crippen LogP contribution in [0.5, 0.6) is 0 Å². The van der Waals surface area contributed by atoms with E-state index < -0.39 is 10.6 Å². The molecule has 6 nitrogen and oxygen atoms in total. The summed E-state index contributed by atoms with van der Waals surface area (Å²) in [6.07, 6.45) is 4.85. The van der Waals surface area contributed by atoms with E-state index in [2.05, 4.69) is 5.32 Å². The molecule has 0 aromatic heterocycles. The lowest BCUT2D eigenvalue weighted by Crippen LogP contribution is -2.46. The maximum absolute atomic E-state index is 10.7. The number of allylic oxidation sites excluding steroid dienone is 1. The monoisotopic (exact) mass is 246 g/mol. The number of hydrogen-bond acceptors (Lipinski definition) is 5. The summed E-state index contributed by atoms with van der Waals surface area (Å²) in [6, 6.07) is 7.26. The van der Waals surface area contributed by atoms with Crippen LogP contribution in [0, 0.1) is 10.1 Å². The number of nitrogen functional groups attached to an aromatic ring is 1. The molecule has 1 unspecified atom stereocenters. The molecule has 5 N–H and O–H groups in total. The molecule has 1 atom stereocenters. The van der Waals surface area contributed by atoms with Gasteiger partial charge in [0.1, 0.15) is 0 Å². The van der Waals surface area contributed by atoms with Crippen molar-refractivity contribution in [2.24, 2.45) is 5.73 Å². The van der Waals surface area contributed by atoms with Crippen molar-refractivity contribution in [1.82, 2.24) is 0 Å². The van der Waals surface area contributed by atoms with Gasteiger partial charge < -0.3 is 11.1 Å². The topological polar surface area (TPSA) is 107 Å². The molecule has 0 bridgehead atoms. The Morgan fingerprint density at radius 2 is 2.22 bits per heavy atom. The van der Waals surface area contributed by atoms with Gasteiger partial charge in [-0.05, 0) is 24.3 Å². The second-order valence-corrected chi connectivity index (χ2v) is 4.20. The van der Waals surface area contributed by atoms with Crippen LogP contribution in [0.2, 0.25) is 0 Å². The fourth-order valence-electron chi connectivity index (χ4n) is 1.65. The maximum atomic E-state index is 10.7. The third-order valence-electron chi connectivity index (χ3n) is 2.72. The number of nitrogens with zero attached hydrogens (tertiary/aromatic N) is 1. The number of anilines is 2. The van der Waals surface area contributed by atoms with E-state index in [0.29, 0.717) is 5.69 Å². The fourth-order valence-corrected chi connectivity index (χ4v) is 1.65. The SMILES string of the molecule is Nc1cccc(NC2=CCC(N)([N+](=O)[O-])C=C2)c1. The number of nitrogens with one attached hydrogen (secondary N) is 1. The molecule has 1 aromatic rings. The number of benzene rings is 1. The molecule has 1 aromatic carbocycles. The highest BCUT2D eigenvalue weighted by atomic mass is 16.6. The lowest BCUT2D eigenvalue weighted by atomic mass is 10.0. The van der Waals surface area contributed by atoms with Gasteiger partial charge in [0.15, 0.2) is 0 Å². The number of rotatable bonds is 3. The summed E-state index contributed by atoms with van der Waals surface area (Å²) in [5, 5.41) is 13.9. The summed E-state index contributed by atoms with van der Waals surface area (Å²) in [5.41, 5.74) is 12.0. The van der Waals surface area contributed by atoms with Gasteiger partial charge in [0, 0.05) is 28.1 Å². The second-order valence-electron chi connectivity index (χ2n) is 4.20. The fraction of sp³-hybridized carbons (Fsp3) is 0.167. The molecule has 0 heterocycles. The molecule has 6 heteroatoms. The van der Waals surface area contributed by atoms with Gasteiger partial charge in [-0.1, -0.05) is 12.1 Å². The lowest BCUT2D eigenvalue weighted by Gasteiger charge is -2.19. The average Bonchev–Trinajstić information content (AvgIpc) is 2.32. The summed E-state index contributed by atoms with van der Waals surface area (Å²) in [4.78, 5) is 10.3. The smallest absolute Gasteiger partial charge is 0.295 e. The van der Waals surface area contributed by atoms with Crippen LogP contribution in [-0.4, -0.2) is 10.6 Å². The first-order valence-electron chi connectivity index (χ1n) is 5.45. The highest BCUT2D eigenvalue weighted by Gasteiger charge is 2.35. The Hall–Kier alpha value is -2.34. The molecule has 1 aliphatic rings. The molecule has 0 spiro atoms. The van der Waals surface area contributed by atoms with Crippen LogP contribution in [0.3, 0.4) is 0 Å². The van der Waals surface area contributed by atoms with Gasteiger partial charge in [0.2, 0.25) is 0 Å². The zero-order valence-corrected chi connectivity index (χ0v) is 9.67. The van der Waals surface area contributed by atoms with E-state index in [1.807, 2.05) is 12.1 Å². The highest BCUT2D eigenvalue weighted by molar-refractivity contribution is 5.58. The quantitative estimate of drug-likeness (QED) is 0.324. The lowest BCUT2D eigenvalue weighted by molar-refractivity contribution is -0.553. The molecule has 0 amide bonds. The van der Waals surface area contributed by atoms with Gasteiger partial charge in [0.25, 0.3) is 5.66 Å². The zero-order chi connectivity index (χ0) is 13.2. The van der Waals surface area contributed by atoms with Crippen molar-refractivity contribution in [2.75, 3.05) is 11.1 Å². The van der Waals surface area contributed by atoms with E-state index >= 15 is 0 Å². The Bertz CT molecular complexity index is 539.